The minimum atomic E-state index is -0.0197. The average Bonchev–Trinajstić information content (AvgIpc) is 2.67. The summed E-state index contributed by atoms with van der Waals surface area (Å²) in [7, 11) is 0. The first-order valence-corrected chi connectivity index (χ1v) is 7.94. The van der Waals surface area contributed by atoms with Gasteiger partial charge in [-0.15, -0.1) is 0 Å². The molecule has 2 rings (SSSR count). The zero-order valence-corrected chi connectivity index (χ0v) is 14.1. The second-order valence-electron chi connectivity index (χ2n) is 4.78. The SMILES string of the molecule is CC(=O)N1CCCN(C(=O)c2ccc(I)c(Cl)c2)CC1. The van der Waals surface area contributed by atoms with Gasteiger partial charge in [-0.3, -0.25) is 9.59 Å². The van der Waals surface area contributed by atoms with E-state index in [-0.39, 0.29) is 11.8 Å². The molecule has 1 saturated heterocycles. The van der Waals surface area contributed by atoms with Gasteiger partial charge in [-0.2, -0.15) is 0 Å². The molecule has 1 aromatic carbocycles. The summed E-state index contributed by atoms with van der Waals surface area (Å²) in [5.41, 5.74) is 0.603. The highest BCUT2D eigenvalue weighted by Crippen LogP contribution is 2.20. The zero-order valence-electron chi connectivity index (χ0n) is 11.2. The van der Waals surface area contributed by atoms with Crippen molar-refractivity contribution in [3.05, 3.63) is 32.4 Å². The summed E-state index contributed by atoms with van der Waals surface area (Å²) in [6, 6.07) is 5.35. The van der Waals surface area contributed by atoms with Crippen LogP contribution in [0.5, 0.6) is 0 Å². The smallest absolute Gasteiger partial charge is 0.253 e. The number of rotatable bonds is 1. The molecule has 0 unspecified atom stereocenters. The van der Waals surface area contributed by atoms with E-state index in [0.29, 0.717) is 36.8 Å². The molecule has 0 atom stereocenters. The van der Waals surface area contributed by atoms with Crippen LogP contribution in [0.4, 0.5) is 0 Å². The Labute approximate surface area is 137 Å². The highest BCUT2D eigenvalue weighted by atomic mass is 127. The number of amides is 2. The Morgan fingerprint density at radius 3 is 2.45 bits per heavy atom. The summed E-state index contributed by atoms with van der Waals surface area (Å²) in [5, 5.41) is 0.594. The summed E-state index contributed by atoms with van der Waals surface area (Å²) in [6.07, 6.45) is 0.809. The van der Waals surface area contributed by atoms with Crippen LogP contribution in [0.3, 0.4) is 0 Å². The number of benzene rings is 1. The third-order valence-corrected chi connectivity index (χ3v) is 4.97. The maximum Gasteiger partial charge on any atom is 0.253 e. The van der Waals surface area contributed by atoms with Crippen molar-refractivity contribution in [2.45, 2.75) is 13.3 Å². The largest absolute Gasteiger partial charge is 0.341 e. The number of carbonyl (C=O) groups is 2. The van der Waals surface area contributed by atoms with Crippen molar-refractivity contribution in [3.63, 3.8) is 0 Å². The molecule has 2 amide bonds. The summed E-state index contributed by atoms with van der Waals surface area (Å²) < 4.78 is 0.930. The van der Waals surface area contributed by atoms with Crippen molar-refractivity contribution < 1.29 is 9.59 Å². The molecule has 1 aromatic rings. The molecule has 1 aliphatic rings. The van der Waals surface area contributed by atoms with Gasteiger partial charge in [0.25, 0.3) is 5.91 Å². The highest BCUT2D eigenvalue weighted by molar-refractivity contribution is 14.1. The van der Waals surface area contributed by atoms with E-state index < -0.39 is 0 Å². The molecule has 1 heterocycles. The average molecular weight is 407 g/mol. The van der Waals surface area contributed by atoms with Gasteiger partial charge in [0.2, 0.25) is 5.91 Å². The van der Waals surface area contributed by atoms with Crippen molar-refractivity contribution in [1.29, 1.82) is 0 Å². The van der Waals surface area contributed by atoms with Crippen LogP contribution in [0.25, 0.3) is 0 Å². The van der Waals surface area contributed by atoms with Crippen LogP contribution in [0.15, 0.2) is 18.2 Å². The summed E-state index contributed by atoms with van der Waals surface area (Å²) in [6.45, 7) is 4.12. The van der Waals surface area contributed by atoms with Crippen LogP contribution in [0.2, 0.25) is 5.02 Å². The number of carbonyl (C=O) groups excluding carboxylic acids is 2. The van der Waals surface area contributed by atoms with E-state index in [1.54, 1.807) is 28.9 Å². The first kappa shape index (κ1) is 15.6. The predicted octanol–water partition coefficient (Wildman–Crippen LogP) is 2.64. The van der Waals surface area contributed by atoms with E-state index in [4.69, 9.17) is 11.6 Å². The molecule has 0 bridgehead atoms. The van der Waals surface area contributed by atoms with Crippen LogP contribution >= 0.6 is 34.2 Å². The number of halogens is 2. The van der Waals surface area contributed by atoms with Gasteiger partial charge in [0.1, 0.15) is 0 Å². The first-order chi connectivity index (χ1) is 9.49. The van der Waals surface area contributed by atoms with Crippen molar-refractivity contribution in [1.82, 2.24) is 9.80 Å². The molecule has 0 aromatic heterocycles. The molecule has 4 nitrogen and oxygen atoms in total. The fourth-order valence-corrected chi connectivity index (χ4v) is 2.76. The molecule has 0 N–H and O–H groups in total. The van der Waals surface area contributed by atoms with Crippen molar-refractivity contribution in [2.24, 2.45) is 0 Å². The molecule has 0 radical (unpaired) electrons. The highest BCUT2D eigenvalue weighted by Gasteiger charge is 2.21. The molecule has 6 heteroatoms. The predicted molar refractivity (Wildman–Crippen MR) is 86.9 cm³/mol. The van der Waals surface area contributed by atoms with Crippen LogP contribution in [-0.2, 0) is 4.79 Å². The second-order valence-corrected chi connectivity index (χ2v) is 6.35. The Hall–Kier alpha value is -0.820. The van der Waals surface area contributed by atoms with Gasteiger partial charge in [-0.25, -0.2) is 0 Å². The van der Waals surface area contributed by atoms with E-state index in [1.807, 2.05) is 6.07 Å². The topological polar surface area (TPSA) is 40.6 Å². The molecule has 0 aliphatic carbocycles. The van der Waals surface area contributed by atoms with Gasteiger partial charge < -0.3 is 9.80 Å². The monoisotopic (exact) mass is 406 g/mol. The molecule has 0 spiro atoms. The molecule has 108 valence electrons. The standard InChI is InChI=1S/C14H16ClIN2O2/c1-10(19)17-5-2-6-18(8-7-17)14(20)11-3-4-13(16)12(15)9-11/h3-4,9H,2,5-8H2,1H3. The zero-order chi connectivity index (χ0) is 14.7. The summed E-state index contributed by atoms with van der Waals surface area (Å²) in [5.74, 6) is 0.0466. The minimum Gasteiger partial charge on any atom is -0.341 e. The number of hydrogen-bond donors (Lipinski definition) is 0. The fourth-order valence-electron chi connectivity index (χ4n) is 2.25. The van der Waals surface area contributed by atoms with E-state index in [0.717, 1.165) is 9.99 Å². The Balaban J connectivity index is 2.09. The van der Waals surface area contributed by atoms with E-state index in [1.165, 1.54) is 0 Å². The molecule has 1 fully saturated rings. The van der Waals surface area contributed by atoms with Crippen molar-refractivity contribution in [2.75, 3.05) is 26.2 Å². The molecule has 20 heavy (non-hydrogen) atoms. The minimum absolute atomic E-state index is 0.0197. The lowest BCUT2D eigenvalue weighted by atomic mass is 10.2. The van der Waals surface area contributed by atoms with Gasteiger partial charge in [0.15, 0.2) is 0 Å². The van der Waals surface area contributed by atoms with Gasteiger partial charge in [0, 0.05) is 42.2 Å². The van der Waals surface area contributed by atoms with Gasteiger partial charge in [0.05, 0.1) is 5.02 Å². The van der Waals surface area contributed by atoms with Crippen molar-refractivity contribution >= 4 is 46.0 Å². The molecular weight excluding hydrogens is 391 g/mol. The Morgan fingerprint density at radius 2 is 1.80 bits per heavy atom. The summed E-state index contributed by atoms with van der Waals surface area (Å²) in [4.78, 5) is 27.4. The van der Waals surface area contributed by atoms with Crippen molar-refractivity contribution in [3.8, 4) is 0 Å². The Bertz CT molecular complexity index is 536. The van der Waals surface area contributed by atoms with E-state index >= 15 is 0 Å². The molecule has 0 saturated carbocycles. The van der Waals surface area contributed by atoms with Crippen LogP contribution in [0, 0.1) is 3.57 Å². The van der Waals surface area contributed by atoms with Gasteiger partial charge in [-0.1, -0.05) is 11.6 Å². The number of hydrogen-bond acceptors (Lipinski definition) is 2. The third kappa shape index (κ3) is 3.63. The van der Waals surface area contributed by atoms with Gasteiger partial charge >= 0.3 is 0 Å². The lowest BCUT2D eigenvalue weighted by Gasteiger charge is -2.21. The van der Waals surface area contributed by atoms with Crippen LogP contribution in [0.1, 0.15) is 23.7 Å². The van der Waals surface area contributed by atoms with Crippen LogP contribution < -0.4 is 0 Å². The van der Waals surface area contributed by atoms with Crippen LogP contribution in [-0.4, -0.2) is 47.8 Å². The third-order valence-electron chi connectivity index (χ3n) is 3.39. The molecular formula is C14H16ClIN2O2. The first-order valence-electron chi connectivity index (χ1n) is 6.49. The lowest BCUT2D eigenvalue weighted by Crippen LogP contribution is -2.36. The number of nitrogens with zero attached hydrogens (tertiary/aromatic N) is 2. The fraction of sp³-hybridized carbons (Fsp3) is 0.429. The summed E-state index contributed by atoms with van der Waals surface area (Å²) >= 11 is 8.20. The normalized spacial score (nSPS) is 15.9. The molecule has 1 aliphatic heterocycles. The maximum atomic E-state index is 12.5. The Morgan fingerprint density at radius 1 is 1.15 bits per heavy atom. The Kier molecular flexibility index (Phi) is 5.26. The van der Waals surface area contributed by atoms with E-state index in [9.17, 15) is 9.59 Å². The quantitative estimate of drug-likeness (QED) is 0.673. The van der Waals surface area contributed by atoms with E-state index in [2.05, 4.69) is 22.6 Å². The maximum absolute atomic E-state index is 12.5. The van der Waals surface area contributed by atoms with Gasteiger partial charge in [-0.05, 0) is 47.2 Å². The second kappa shape index (κ2) is 6.76. The lowest BCUT2D eigenvalue weighted by molar-refractivity contribution is -0.128.